The smallest absolute Gasteiger partial charge is 0.247 e. The Labute approximate surface area is 219 Å². The normalized spacial score (nSPS) is 19.5. The highest BCUT2D eigenvalue weighted by molar-refractivity contribution is 14.1. The maximum Gasteiger partial charge on any atom is 0.247 e. The number of amides is 2. The number of rotatable bonds is 10. The summed E-state index contributed by atoms with van der Waals surface area (Å²) in [5, 5.41) is 23.1. The number of halogens is 1. The predicted octanol–water partition coefficient (Wildman–Crippen LogP) is 2.31. The van der Waals surface area contributed by atoms with E-state index < -0.39 is 18.2 Å². The molecule has 3 rings (SSSR count). The second kappa shape index (κ2) is 12.9. The van der Waals surface area contributed by atoms with E-state index in [4.69, 9.17) is 14.6 Å². The van der Waals surface area contributed by atoms with Gasteiger partial charge >= 0.3 is 0 Å². The molecule has 0 saturated carbocycles. The third kappa shape index (κ3) is 7.18. The lowest BCUT2D eigenvalue weighted by Crippen LogP contribution is -2.55. The van der Waals surface area contributed by atoms with Gasteiger partial charge in [-0.05, 0) is 64.9 Å². The summed E-state index contributed by atoms with van der Waals surface area (Å²) in [5.41, 5.74) is 1.39. The molecule has 0 fully saturated rings. The van der Waals surface area contributed by atoms with Gasteiger partial charge in [-0.25, -0.2) is 0 Å². The first-order valence-corrected chi connectivity index (χ1v) is 12.5. The molecule has 0 aliphatic heterocycles. The molecule has 8 nitrogen and oxygen atoms in total. The predicted molar refractivity (Wildman–Crippen MR) is 140 cm³/mol. The molecule has 2 aromatic rings. The van der Waals surface area contributed by atoms with E-state index in [1.165, 1.54) is 6.92 Å². The van der Waals surface area contributed by atoms with Crippen molar-refractivity contribution in [1.29, 1.82) is 0 Å². The number of ether oxygens (including phenoxy) is 2. The summed E-state index contributed by atoms with van der Waals surface area (Å²) < 4.78 is 12.3. The molecule has 0 unspecified atom stereocenters. The van der Waals surface area contributed by atoms with Gasteiger partial charge in [0.05, 0.1) is 23.3 Å². The van der Waals surface area contributed by atoms with E-state index in [-0.39, 0.29) is 31.4 Å². The molecule has 188 valence electrons. The van der Waals surface area contributed by atoms with Crippen LogP contribution in [0.4, 0.5) is 0 Å². The zero-order chi connectivity index (χ0) is 25.4. The second-order valence-corrected chi connectivity index (χ2v) is 9.42. The van der Waals surface area contributed by atoms with Crippen molar-refractivity contribution in [2.75, 3.05) is 26.8 Å². The van der Waals surface area contributed by atoms with Gasteiger partial charge in [-0.1, -0.05) is 24.3 Å². The number of aliphatic hydroxyl groups is 2. The first-order valence-electron chi connectivity index (χ1n) is 11.4. The molecule has 9 heteroatoms. The number of nitrogens with zero attached hydrogens (tertiary/aromatic N) is 1. The summed E-state index contributed by atoms with van der Waals surface area (Å²) in [4.78, 5) is 27.1. The van der Waals surface area contributed by atoms with Crippen LogP contribution in [0.5, 0.6) is 11.5 Å². The molecular formula is C26H31IN2O6. The number of methoxy groups -OCH3 is 1. The molecule has 0 aromatic heterocycles. The van der Waals surface area contributed by atoms with Crippen LogP contribution in [0.25, 0.3) is 0 Å². The lowest BCUT2D eigenvalue weighted by molar-refractivity contribution is -0.136. The Morgan fingerprint density at radius 2 is 1.97 bits per heavy atom. The minimum absolute atomic E-state index is 0.109. The van der Waals surface area contributed by atoms with Crippen LogP contribution in [-0.2, 0) is 16.0 Å². The van der Waals surface area contributed by atoms with Crippen molar-refractivity contribution < 1.29 is 29.3 Å². The van der Waals surface area contributed by atoms with Gasteiger partial charge in [0.15, 0.2) is 0 Å². The van der Waals surface area contributed by atoms with Gasteiger partial charge in [-0.2, -0.15) is 0 Å². The van der Waals surface area contributed by atoms with Gasteiger partial charge in [0, 0.05) is 32.0 Å². The van der Waals surface area contributed by atoms with E-state index >= 15 is 0 Å². The molecule has 1 aliphatic carbocycles. The molecular weight excluding hydrogens is 563 g/mol. The van der Waals surface area contributed by atoms with E-state index in [0.29, 0.717) is 24.3 Å². The van der Waals surface area contributed by atoms with E-state index in [9.17, 15) is 14.7 Å². The topological polar surface area (TPSA) is 108 Å². The van der Waals surface area contributed by atoms with Crippen LogP contribution < -0.4 is 14.8 Å². The average Bonchev–Trinajstić information content (AvgIpc) is 2.85. The average molecular weight is 594 g/mol. The Bertz CT molecular complexity index is 1060. The molecule has 1 aliphatic rings. The first kappa shape index (κ1) is 27.0. The minimum Gasteiger partial charge on any atom is -0.497 e. The Hall–Kier alpha value is -2.63. The van der Waals surface area contributed by atoms with Gasteiger partial charge in [0.25, 0.3) is 0 Å². The number of benzene rings is 2. The van der Waals surface area contributed by atoms with Crippen molar-refractivity contribution >= 4 is 34.4 Å². The summed E-state index contributed by atoms with van der Waals surface area (Å²) in [6.07, 6.45) is 0.449. The van der Waals surface area contributed by atoms with Crippen LogP contribution in [0.1, 0.15) is 18.9 Å². The molecule has 0 heterocycles. The third-order valence-electron chi connectivity index (χ3n) is 5.89. The highest BCUT2D eigenvalue weighted by Gasteiger charge is 2.39. The van der Waals surface area contributed by atoms with E-state index in [1.807, 2.05) is 42.5 Å². The Balaban J connectivity index is 1.86. The molecule has 0 spiro atoms. The quantitative estimate of drug-likeness (QED) is 0.365. The fourth-order valence-electron chi connectivity index (χ4n) is 4.10. The van der Waals surface area contributed by atoms with Gasteiger partial charge in [-0.15, -0.1) is 0 Å². The van der Waals surface area contributed by atoms with Gasteiger partial charge in [-0.3, -0.25) is 9.59 Å². The standard InChI is InChI=1S/C26H31IN2O6/c1-17(31)29(12-10-18-6-5-7-20(14-18)34-2)22-15-19(26(33)28-11-13-30)16-24(25(22)32)35-23-9-4-3-8-21(23)27/h3-9,14,16,22,24-25,30,32H,10-13,15H2,1-2H3,(H,28,33)/t22-,24+,25+/m1/s1. The van der Waals surface area contributed by atoms with E-state index in [1.54, 1.807) is 24.2 Å². The van der Waals surface area contributed by atoms with Gasteiger partial charge in [0.2, 0.25) is 11.8 Å². The summed E-state index contributed by atoms with van der Waals surface area (Å²) in [6.45, 7) is 1.73. The highest BCUT2D eigenvalue weighted by Crippen LogP contribution is 2.30. The molecule has 0 bridgehead atoms. The number of hydrogen-bond acceptors (Lipinski definition) is 6. The lowest BCUT2D eigenvalue weighted by atomic mass is 9.88. The number of hydrogen-bond donors (Lipinski definition) is 3. The molecule has 35 heavy (non-hydrogen) atoms. The Kier molecular flexibility index (Phi) is 9.93. The maximum absolute atomic E-state index is 12.8. The number of aliphatic hydroxyl groups excluding tert-OH is 2. The number of carbonyl (C=O) groups is 2. The molecule has 3 N–H and O–H groups in total. The summed E-state index contributed by atoms with van der Waals surface area (Å²) in [6, 6.07) is 14.3. The summed E-state index contributed by atoms with van der Waals surface area (Å²) in [5.74, 6) is 0.742. The number of nitrogens with one attached hydrogen (secondary N) is 1. The lowest BCUT2D eigenvalue weighted by Gasteiger charge is -2.40. The summed E-state index contributed by atoms with van der Waals surface area (Å²) >= 11 is 2.15. The number of para-hydroxylation sites is 1. The van der Waals surface area contributed by atoms with Gasteiger partial charge < -0.3 is 29.9 Å². The second-order valence-electron chi connectivity index (χ2n) is 8.26. The summed E-state index contributed by atoms with van der Waals surface area (Å²) in [7, 11) is 1.60. The SMILES string of the molecule is COc1cccc(CCN(C(C)=O)[C@@H]2CC(C(=O)NCCO)=C[C@H](Oc3ccccc3I)[C@H]2O)c1. The Morgan fingerprint density at radius 3 is 2.66 bits per heavy atom. The molecule has 0 saturated heterocycles. The molecule has 0 radical (unpaired) electrons. The van der Waals surface area contributed by atoms with Crippen molar-refractivity contribution in [3.8, 4) is 11.5 Å². The third-order valence-corrected chi connectivity index (χ3v) is 6.79. The minimum atomic E-state index is -1.05. The van der Waals surface area contributed by atoms with E-state index in [0.717, 1.165) is 14.9 Å². The van der Waals surface area contributed by atoms with Crippen molar-refractivity contribution in [2.45, 2.75) is 38.0 Å². The van der Waals surface area contributed by atoms with Crippen molar-refractivity contribution in [1.82, 2.24) is 10.2 Å². The van der Waals surface area contributed by atoms with E-state index in [2.05, 4.69) is 27.9 Å². The van der Waals surface area contributed by atoms with Crippen molar-refractivity contribution in [2.24, 2.45) is 0 Å². The zero-order valence-electron chi connectivity index (χ0n) is 19.8. The molecule has 2 aromatic carbocycles. The first-order chi connectivity index (χ1) is 16.8. The maximum atomic E-state index is 12.8. The van der Waals surface area contributed by atoms with Crippen LogP contribution in [0.2, 0.25) is 0 Å². The van der Waals surface area contributed by atoms with Crippen LogP contribution in [0, 0.1) is 3.57 Å². The van der Waals surface area contributed by atoms with Crippen LogP contribution in [0.3, 0.4) is 0 Å². The van der Waals surface area contributed by atoms with Crippen LogP contribution in [0.15, 0.2) is 60.2 Å². The zero-order valence-corrected chi connectivity index (χ0v) is 22.0. The molecule has 3 atom stereocenters. The molecule has 2 amide bonds. The highest BCUT2D eigenvalue weighted by atomic mass is 127. The fraction of sp³-hybridized carbons (Fsp3) is 0.385. The van der Waals surface area contributed by atoms with Crippen molar-refractivity contribution in [3.05, 3.63) is 69.3 Å². The van der Waals surface area contributed by atoms with Crippen LogP contribution in [-0.4, -0.2) is 72.0 Å². The monoisotopic (exact) mass is 594 g/mol. The fourth-order valence-corrected chi connectivity index (χ4v) is 4.62. The van der Waals surface area contributed by atoms with Crippen molar-refractivity contribution in [3.63, 3.8) is 0 Å². The number of carbonyl (C=O) groups excluding carboxylic acids is 2. The van der Waals surface area contributed by atoms with Gasteiger partial charge in [0.1, 0.15) is 23.7 Å². The Morgan fingerprint density at radius 1 is 1.20 bits per heavy atom. The largest absolute Gasteiger partial charge is 0.497 e. The van der Waals surface area contributed by atoms with Crippen LogP contribution >= 0.6 is 22.6 Å².